The number of amides is 1. The van der Waals surface area contributed by atoms with E-state index in [1.165, 1.54) is 16.0 Å². The van der Waals surface area contributed by atoms with Crippen molar-refractivity contribution in [1.29, 1.82) is 0 Å². The van der Waals surface area contributed by atoms with Crippen LogP contribution in [-0.4, -0.2) is 31.6 Å². The van der Waals surface area contributed by atoms with Gasteiger partial charge in [0.05, 0.1) is 19.7 Å². The van der Waals surface area contributed by atoms with Gasteiger partial charge in [0.2, 0.25) is 0 Å². The highest BCUT2D eigenvalue weighted by Crippen LogP contribution is 2.18. The lowest BCUT2D eigenvalue weighted by Gasteiger charge is -2.28. The second-order valence-corrected chi connectivity index (χ2v) is 6.63. The van der Waals surface area contributed by atoms with Crippen LogP contribution in [0.5, 0.6) is 5.75 Å². The summed E-state index contributed by atoms with van der Waals surface area (Å²) in [6.07, 6.45) is 3.27. The summed E-state index contributed by atoms with van der Waals surface area (Å²) in [5.74, 6) is 0.875. The first-order valence-electron chi connectivity index (χ1n) is 9.30. The van der Waals surface area contributed by atoms with Crippen molar-refractivity contribution in [1.82, 2.24) is 0 Å². The Kier molecular flexibility index (Phi) is 6.08. The zero-order valence-electron chi connectivity index (χ0n) is 15.5. The van der Waals surface area contributed by atoms with Crippen molar-refractivity contribution in [2.24, 2.45) is 0 Å². The van der Waals surface area contributed by atoms with E-state index in [4.69, 9.17) is 4.74 Å². The van der Waals surface area contributed by atoms with Crippen LogP contribution < -0.4 is 15.0 Å². The lowest BCUT2D eigenvalue weighted by atomic mass is 9.99. The van der Waals surface area contributed by atoms with Crippen LogP contribution in [0.25, 0.3) is 5.57 Å². The summed E-state index contributed by atoms with van der Waals surface area (Å²) in [5.41, 5.74) is 3.48. The van der Waals surface area contributed by atoms with Crippen molar-refractivity contribution in [3.8, 4) is 5.75 Å². The molecule has 0 saturated carbocycles. The normalized spacial score (nSPS) is 17.9. The van der Waals surface area contributed by atoms with Gasteiger partial charge in [-0.05, 0) is 55.3 Å². The second-order valence-electron chi connectivity index (χ2n) is 6.63. The van der Waals surface area contributed by atoms with Crippen molar-refractivity contribution in [3.05, 3.63) is 66.2 Å². The van der Waals surface area contributed by atoms with Gasteiger partial charge in [-0.1, -0.05) is 30.3 Å². The Hall–Kier alpha value is -2.59. The van der Waals surface area contributed by atoms with Crippen molar-refractivity contribution in [2.45, 2.75) is 26.3 Å². The zero-order valence-corrected chi connectivity index (χ0v) is 15.5. The highest BCUT2D eigenvalue weighted by molar-refractivity contribution is 5.93. The molecule has 4 heteroatoms. The number of quaternary nitrogens is 1. The molecule has 2 atom stereocenters. The van der Waals surface area contributed by atoms with Crippen LogP contribution in [0.1, 0.15) is 25.8 Å². The molecule has 0 fully saturated rings. The van der Waals surface area contributed by atoms with Gasteiger partial charge in [-0.25, -0.2) is 0 Å². The van der Waals surface area contributed by atoms with Crippen molar-refractivity contribution >= 4 is 17.2 Å². The van der Waals surface area contributed by atoms with Gasteiger partial charge in [0.25, 0.3) is 5.91 Å². The van der Waals surface area contributed by atoms with Gasteiger partial charge in [-0.3, -0.25) is 4.79 Å². The van der Waals surface area contributed by atoms with Gasteiger partial charge in [-0.15, -0.1) is 0 Å². The number of anilines is 1. The molecule has 2 aromatic rings. The predicted octanol–water partition coefficient (Wildman–Crippen LogP) is 2.78. The maximum absolute atomic E-state index is 12.6. The maximum Gasteiger partial charge on any atom is 0.282 e. The lowest BCUT2D eigenvalue weighted by molar-refractivity contribution is -0.909. The molecule has 2 aromatic carbocycles. The third kappa shape index (κ3) is 4.52. The molecule has 1 heterocycles. The van der Waals surface area contributed by atoms with Crippen LogP contribution in [0, 0.1) is 0 Å². The quantitative estimate of drug-likeness (QED) is 0.840. The summed E-state index contributed by atoms with van der Waals surface area (Å²) in [5, 5.41) is 3.02. The molecule has 3 rings (SSSR count). The number of carbonyl (C=O) groups is 1. The Morgan fingerprint density at radius 3 is 2.50 bits per heavy atom. The molecule has 1 amide bonds. The highest BCUT2D eigenvalue weighted by atomic mass is 16.5. The van der Waals surface area contributed by atoms with Gasteiger partial charge in [-0.2, -0.15) is 0 Å². The summed E-state index contributed by atoms with van der Waals surface area (Å²) in [6.45, 7) is 6.44. The summed E-state index contributed by atoms with van der Waals surface area (Å²) in [4.78, 5) is 13.9. The molecule has 1 aliphatic heterocycles. The van der Waals surface area contributed by atoms with Crippen molar-refractivity contribution in [2.75, 3.05) is 25.0 Å². The minimum Gasteiger partial charge on any atom is -0.494 e. The van der Waals surface area contributed by atoms with Crippen molar-refractivity contribution < 1.29 is 14.4 Å². The Bertz CT molecular complexity index is 753. The molecule has 1 aliphatic rings. The zero-order chi connectivity index (χ0) is 18.4. The smallest absolute Gasteiger partial charge is 0.282 e. The number of carbonyl (C=O) groups excluding carboxylic acids is 1. The number of hydrogen-bond acceptors (Lipinski definition) is 2. The molecular weight excluding hydrogens is 324 g/mol. The van der Waals surface area contributed by atoms with E-state index >= 15 is 0 Å². The molecule has 26 heavy (non-hydrogen) atoms. The fourth-order valence-electron chi connectivity index (χ4n) is 3.30. The molecular formula is C22H27N2O2+. The predicted molar refractivity (Wildman–Crippen MR) is 105 cm³/mol. The first-order chi connectivity index (χ1) is 12.7. The molecule has 0 saturated heterocycles. The Balaban J connectivity index is 1.56. The number of benzene rings is 2. The standard InChI is InChI=1S/C22H26N2O2/c1-3-26-21-11-9-20(10-12-21)23-22(25)17(2)24-15-13-19(14-16-24)18-7-5-4-6-8-18/h4-13,17H,3,14-16H2,1-2H3,(H,23,25)/p+1/t17-/m1/s1. The van der Waals surface area contributed by atoms with Crippen LogP contribution in [0.4, 0.5) is 5.69 Å². The van der Waals surface area contributed by atoms with Gasteiger partial charge >= 0.3 is 0 Å². The highest BCUT2D eigenvalue weighted by Gasteiger charge is 2.27. The van der Waals surface area contributed by atoms with Crippen LogP contribution in [0.2, 0.25) is 0 Å². The van der Waals surface area contributed by atoms with Crippen LogP contribution in [-0.2, 0) is 4.79 Å². The third-order valence-corrected chi connectivity index (χ3v) is 4.91. The minimum absolute atomic E-state index is 0.0562. The summed E-state index contributed by atoms with van der Waals surface area (Å²) in [6, 6.07) is 17.9. The molecule has 0 bridgehead atoms. The number of nitrogens with one attached hydrogen (secondary N) is 2. The monoisotopic (exact) mass is 351 g/mol. The van der Waals surface area contributed by atoms with Gasteiger partial charge in [0.1, 0.15) is 5.75 Å². The summed E-state index contributed by atoms with van der Waals surface area (Å²) < 4.78 is 5.43. The van der Waals surface area contributed by atoms with Gasteiger partial charge < -0.3 is 15.0 Å². The molecule has 2 N–H and O–H groups in total. The van der Waals surface area contributed by atoms with Crippen LogP contribution in [0.3, 0.4) is 0 Å². The molecule has 0 radical (unpaired) electrons. The molecule has 0 spiro atoms. The Morgan fingerprint density at radius 1 is 1.15 bits per heavy atom. The molecule has 0 aliphatic carbocycles. The molecule has 0 aromatic heterocycles. The largest absolute Gasteiger partial charge is 0.494 e. The second kappa shape index (κ2) is 8.68. The number of ether oxygens (including phenoxy) is 1. The first kappa shape index (κ1) is 18.2. The van der Waals surface area contributed by atoms with Crippen molar-refractivity contribution in [3.63, 3.8) is 0 Å². The number of hydrogen-bond donors (Lipinski definition) is 2. The van der Waals surface area contributed by atoms with E-state index in [2.05, 4.69) is 35.7 Å². The third-order valence-electron chi connectivity index (χ3n) is 4.91. The number of rotatable bonds is 6. The summed E-state index contributed by atoms with van der Waals surface area (Å²) in [7, 11) is 0. The lowest BCUT2D eigenvalue weighted by Crippen LogP contribution is -3.17. The van der Waals surface area contributed by atoms with E-state index in [0.29, 0.717) is 6.61 Å². The van der Waals surface area contributed by atoms with E-state index in [1.807, 2.05) is 44.2 Å². The van der Waals surface area contributed by atoms with E-state index in [0.717, 1.165) is 30.9 Å². The Labute approximate surface area is 155 Å². The van der Waals surface area contributed by atoms with E-state index < -0.39 is 0 Å². The van der Waals surface area contributed by atoms with E-state index in [1.54, 1.807) is 0 Å². The first-order valence-corrected chi connectivity index (χ1v) is 9.30. The van der Waals surface area contributed by atoms with Gasteiger partial charge in [0, 0.05) is 12.1 Å². The maximum atomic E-state index is 12.6. The van der Waals surface area contributed by atoms with Gasteiger partial charge in [0.15, 0.2) is 6.04 Å². The SMILES string of the molecule is CCOc1ccc(NC(=O)[C@@H](C)[NH+]2CC=C(c3ccccc3)CC2)cc1. The molecule has 4 nitrogen and oxygen atoms in total. The fourth-order valence-corrected chi connectivity index (χ4v) is 3.30. The Morgan fingerprint density at radius 2 is 1.88 bits per heavy atom. The summed E-state index contributed by atoms with van der Waals surface area (Å²) >= 11 is 0. The average Bonchev–Trinajstić information content (AvgIpc) is 2.70. The van der Waals surface area contributed by atoms with Crippen LogP contribution in [0.15, 0.2) is 60.7 Å². The average molecular weight is 351 g/mol. The van der Waals surface area contributed by atoms with Crippen LogP contribution >= 0.6 is 0 Å². The topological polar surface area (TPSA) is 42.8 Å². The minimum atomic E-state index is -0.0878. The molecule has 136 valence electrons. The van der Waals surface area contributed by atoms with E-state index in [-0.39, 0.29) is 11.9 Å². The molecule has 1 unspecified atom stereocenters. The fraction of sp³-hybridized carbons (Fsp3) is 0.318. The van der Waals surface area contributed by atoms with E-state index in [9.17, 15) is 4.79 Å².